The van der Waals surface area contributed by atoms with Crippen molar-refractivity contribution < 1.29 is 19.5 Å². The fourth-order valence-corrected chi connectivity index (χ4v) is 0.824. The van der Waals surface area contributed by atoms with Gasteiger partial charge in [-0.3, -0.25) is 0 Å². The summed E-state index contributed by atoms with van der Waals surface area (Å²) in [5.74, 6) is 0. The third-order valence-electron chi connectivity index (χ3n) is 0.937. The molecule has 0 aliphatic carbocycles. The third-order valence-corrected chi connectivity index (χ3v) is 1.79. The topological polar surface area (TPSA) is 26.0 Å². The summed E-state index contributed by atoms with van der Waals surface area (Å²) in [6.45, 7) is 0. The molecule has 0 aliphatic heterocycles. The second-order valence-electron chi connectivity index (χ2n) is 1.56. The third kappa shape index (κ3) is 2.49. The number of anilines is 1. The van der Waals surface area contributed by atoms with Crippen LogP contribution in [0, 0.1) is 0 Å². The Morgan fingerprint density at radius 3 is 2.11 bits per heavy atom. The molecule has 2 N–H and O–H groups in total. The average Bonchev–Trinajstić information content (AvgIpc) is 1.77. The van der Waals surface area contributed by atoms with E-state index in [9.17, 15) is 0 Å². The molecule has 1 nitrogen and oxygen atoms in total. The van der Waals surface area contributed by atoms with Crippen molar-refractivity contribution in [1.82, 2.24) is 0 Å². The van der Waals surface area contributed by atoms with Crippen LogP contribution in [-0.4, -0.2) is 16.0 Å². The summed E-state index contributed by atoms with van der Waals surface area (Å²) < 4.78 is 1.08. The number of rotatable bonds is 0. The Hall–Kier alpha value is 0.163. The first kappa shape index (κ1) is 9.16. The van der Waals surface area contributed by atoms with E-state index in [1.54, 1.807) is 0 Å². The van der Waals surface area contributed by atoms with Crippen LogP contribution in [0.4, 0.5) is 5.69 Å². The molecule has 9 heavy (non-hydrogen) atoms. The molecule has 0 saturated heterocycles. The van der Waals surface area contributed by atoms with Crippen molar-refractivity contribution in [2.75, 3.05) is 5.73 Å². The molecule has 0 heterocycles. The number of para-hydroxylation sites is 1. The summed E-state index contributed by atoms with van der Waals surface area (Å²) >= 11 is 2.42. The summed E-state index contributed by atoms with van der Waals surface area (Å²) in [5.41, 5.74) is 6.34. The van der Waals surface area contributed by atoms with Gasteiger partial charge in [0.15, 0.2) is 0 Å². The Morgan fingerprint density at radius 2 is 1.78 bits per heavy atom. The molecule has 0 amide bonds. The van der Waals surface area contributed by atoms with Gasteiger partial charge < -0.3 is 0 Å². The Labute approximate surface area is 75.6 Å². The summed E-state index contributed by atoms with van der Waals surface area (Å²) in [7, 11) is 0. The van der Waals surface area contributed by atoms with Crippen LogP contribution in [0.2, 0.25) is 0 Å². The summed E-state index contributed by atoms with van der Waals surface area (Å²) in [5, 5.41) is 0. The smallest absolute Gasteiger partial charge is 0 e. The molecule has 0 radical (unpaired) electrons. The van der Waals surface area contributed by atoms with Crippen LogP contribution >= 0.6 is 0 Å². The predicted octanol–water partition coefficient (Wildman–Crippen LogP) is -0.208. The standard InChI is InChI=1S/C6H7NSe.Zn/c7-5-3-1-2-4-6(5)8;/h1-4,8H,7H2;. The number of nitrogens with two attached hydrogens (primary N) is 1. The van der Waals surface area contributed by atoms with E-state index < -0.39 is 0 Å². The molecule has 0 spiro atoms. The quantitative estimate of drug-likeness (QED) is 0.491. The normalized spacial score (nSPS) is 8.11. The van der Waals surface area contributed by atoms with Gasteiger partial charge in [-0.1, -0.05) is 0 Å². The van der Waals surface area contributed by atoms with Crippen molar-refractivity contribution in [3.8, 4) is 0 Å². The molecule has 0 bridgehead atoms. The molecule has 0 saturated carbocycles. The second kappa shape index (κ2) is 4.05. The van der Waals surface area contributed by atoms with Crippen molar-refractivity contribution in [3.05, 3.63) is 24.3 Å². The van der Waals surface area contributed by atoms with Gasteiger partial charge >= 0.3 is 56.2 Å². The molecule has 3 heteroatoms. The maximum absolute atomic E-state index is 5.50. The predicted molar refractivity (Wildman–Crippen MR) is 37.6 cm³/mol. The van der Waals surface area contributed by atoms with Gasteiger partial charge in [-0.05, 0) is 0 Å². The molecule has 0 aliphatic rings. The van der Waals surface area contributed by atoms with Crippen LogP contribution in [0.5, 0.6) is 0 Å². The molecule has 1 aromatic rings. The fourth-order valence-electron chi connectivity index (χ4n) is 0.488. The molecule has 44 valence electrons. The van der Waals surface area contributed by atoms with E-state index in [-0.39, 0.29) is 19.5 Å². The Balaban J connectivity index is 0.000000640. The number of hydrogen-bond donors (Lipinski definition) is 1. The van der Waals surface area contributed by atoms with E-state index in [2.05, 4.69) is 16.0 Å². The molecular formula is C6H7NSeZn. The van der Waals surface area contributed by atoms with E-state index in [1.165, 1.54) is 0 Å². The van der Waals surface area contributed by atoms with E-state index >= 15 is 0 Å². The Bertz CT molecular complexity index is 169. The maximum Gasteiger partial charge on any atom is 0 e. The van der Waals surface area contributed by atoms with E-state index in [0.29, 0.717) is 0 Å². The van der Waals surface area contributed by atoms with Crippen molar-refractivity contribution in [2.24, 2.45) is 0 Å². The van der Waals surface area contributed by atoms with Crippen LogP contribution in [0.15, 0.2) is 24.3 Å². The van der Waals surface area contributed by atoms with Crippen molar-refractivity contribution in [1.29, 1.82) is 0 Å². The van der Waals surface area contributed by atoms with Crippen molar-refractivity contribution >= 4 is 26.2 Å². The zero-order valence-corrected chi connectivity index (χ0v) is 9.88. The van der Waals surface area contributed by atoms with Gasteiger partial charge in [0.25, 0.3) is 0 Å². The molecule has 1 rings (SSSR count). The minimum Gasteiger partial charge on any atom is 0 e. The number of hydrogen-bond acceptors (Lipinski definition) is 1. The van der Waals surface area contributed by atoms with Gasteiger partial charge in [-0.15, -0.1) is 0 Å². The molecule has 0 unspecified atom stereocenters. The van der Waals surface area contributed by atoms with Crippen LogP contribution in [0.3, 0.4) is 0 Å². The first-order valence-corrected chi connectivity index (χ1v) is 3.28. The second-order valence-corrected chi connectivity index (χ2v) is 2.57. The van der Waals surface area contributed by atoms with Gasteiger partial charge in [0.2, 0.25) is 0 Å². The molecule has 0 fully saturated rings. The van der Waals surface area contributed by atoms with Gasteiger partial charge in [0.05, 0.1) is 0 Å². The zero-order valence-electron chi connectivity index (χ0n) is 5.04. The fraction of sp³-hybridized carbons (Fsp3) is 0. The summed E-state index contributed by atoms with van der Waals surface area (Å²) in [6, 6.07) is 7.74. The number of benzene rings is 1. The van der Waals surface area contributed by atoms with Crippen LogP contribution < -0.4 is 10.2 Å². The van der Waals surface area contributed by atoms with Crippen LogP contribution in [-0.2, 0) is 19.5 Å². The van der Waals surface area contributed by atoms with Crippen molar-refractivity contribution in [2.45, 2.75) is 0 Å². The molecule has 1 aromatic carbocycles. The first-order valence-electron chi connectivity index (χ1n) is 2.34. The van der Waals surface area contributed by atoms with E-state index in [0.717, 1.165) is 10.1 Å². The van der Waals surface area contributed by atoms with E-state index in [4.69, 9.17) is 5.73 Å². The van der Waals surface area contributed by atoms with Gasteiger partial charge in [0.1, 0.15) is 0 Å². The van der Waals surface area contributed by atoms with Gasteiger partial charge in [-0.2, -0.15) is 0 Å². The zero-order chi connectivity index (χ0) is 5.98. The van der Waals surface area contributed by atoms with Crippen LogP contribution in [0.25, 0.3) is 0 Å². The number of nitrogen functional groups attached to an aromatic ring is 1. The molecule has 0 atom stereocenters. The summed E-state index contributed by atoms with van der Waals surface area (Å²) in [6.07, 6.45) is 0. The van der Waals surface area contributed by atoms with Gasteiger partial charge in [-0.25, -0.2) is 0 Å². The molecule has 0 aromatic heterocycles. The molecular weight excluding hydrogens is 230 g/mol. The van der Waals surface area contributed by atoms with E-state index in [1.807, 2.05) is 24.3 Å². The van der Waals surface area contributed by atoms with Crippen molar-refractivity contribution in [3.63, 3.8) is 0 Å². The minimum atomic E-state index is 0. The average molecular weight is 237 g/mol. The monoisotopic (exact) mass is 237 g/mol. The van der Waals surface area contributed by atoms with Gasteiger partial charge in [0, 0.05) is 19.5 Å². The first-order chi connectivity index (χ1) is 3.80. The SMILES string of the molecule is Nc1ccccc1[SeH].[Zn]. The maximum atomic E-state index is 5.50. The Kier molecular flexibility index (Phi) is 4.13. The Morgan fingerprint density at radius 1 is 1.22 bits per heavy atom. The van der Waals surface area contributed by atoms with Crippen LogP contribution in [0.1, 0.15) is 0 Å². The largest absolute Gasteiger partial charge is 0 e. The minimum absolute atomic E-state index is 0. The summed E-state index contributed by atoms with van der Waals surface area (Å²) in [4.78, 5) is 0.